The van der Waals surface area contributed by atoms with Crippen LogP contribution in [0.25, 0.3) is 0 Å². The van der Waals surface area contributed by atoms with Crippen molar-refractivity contribution in [1.82, 2.24) is 10.2 Å². The summed E-state index contributed by atoms with van der Waals surface area (Å²) in [5.41, 5.74) is 0. The highest BCUT2D eigenvalue weighted by Crippen LogP contribution is 2.18. The van der Waals surface area contributed by atoms with Crippen LogP contribution >= 0.6 is 0 Å². The minimum Gasteiger partial charge on any atom is -0.288 e. The Balaban J connectivity index is 2.57. The summed E-state index contributed by atoms with van der Waals surface area (Å²) in [5.74, 6) is 0. The molecule has 0 saturated heterocycles. The van der Waals surface area contributed by atoms with E-state index in [1.807, 2.05) is 6.20 Å². The summed E-state index contributed by atoms with van der Waals surface area (Å²) < 4.78 is 0. The number of H-pyrrole nitrogens is 1. The number of nitrogens with zero attached hydrogens (tertiary/aromatic N) is 1. The summed E-state index contributed by atoms with van der Waals surface area (Å²) in [6.45, 7) is 6.83. The maximum absolute atomic E-state index is 3.92. The zero-order valence-electron chi connectivity index (χ0n) is 6.81. The first-order valence-corrected chi connectivity index (χ1v) is 4.98. The van der Waals surface area contributed by atoms with Crippen LogP contribution < -0.4 is 5.32 Å². The average molecular weight is 154 g/mol. The quantitative estimate of drug-likeness (QED) is 0.584. The van der Waals surface area contributed by atoms with E-state index < -0.39 is 0 Å². The van der Waals surface area contributed by atoms with Crippen molar-refractivity contribution in [3.63, 3.8) is 0 Å². The van der Waals surface area contributed by atoms with Gasteiger partial charge in [-0.05, 0) is 11.1 Å². The van der Waals surface area contributed by atoms with Gasteiger partial charge in [0.25, 0.3) is 0 Å². The molecule has 0 bridgehead atoms. The first kappa shape index (κ1) is 7.53. The number of hydrogen-bond acceptors (Lipinski definition) is 1. The Hall–Kier alpha value is -0.573. The van der Waals surface area contributed by atoms with Crippen molar-refractivity contribution in [2.75, 3.05) is 0 Å². The van der Waals surface area contributed by atoms with Crippen molar-refractivity contribution in [1.29, 1.82) is 0 Å². The van der Waals surface area contributed by atoms with Crippen LogP contribution in [0, 0.1) is 0 Å². The highest BCUT2D eigenvalue weighted by atomic mass is 28.2. The van der Waals surface area contributed by atoms with Crippen LogP contribution in [0.1, 0.15) is 20.8 Å². The lowest BCUT2D eigenvalue weighted by molar-refractivity contribution is 0.758. The second-order valence-electron chi connectivity index (χ2n) is 3.82. The molecule has 0 amide bonds. The van der Waals surface area contributed by atoms with Crippen molar-refractivity contribution < 1.29 is 0 Å². The predicted octanol–water partition coefficient (Wildman–Crippen LogP) is 0.422. The van der Waals surface area contributed by atoms with E-state index in [9.17, 15) is 0 Å². The van der Waals surface area contributed by atoms with Crippen molar-refractivity contribution in [2.24, 2.45) is 0 Å². The molecular formula is C7H14N2Si. The first-order chi connectivity index (χ1) is 4.58. The molecule has 0 saturated carbocycles. The van der Waals surface area contributed by atoms with Gasteiger partial charge >= 0.3 is 0 Å². The van der Waals surface area contributed by atoms with Gasteiger partial charge in [-0.1, -0.05) is 20.8 Å². The van der Waals surface area contributed by atoms with Crippen LogP contribution in [0.2, 0.25) is 5.04 Å². The predicted molar refractivity (Wildman–Crippen MR) is 46.5 cm³/mol. The molecule has 1 N–H and O–H groups in total. The van der Waals surface area contributed by atoms with Gasteiger partial charge in [0.2, 0.25) is 0 Å². The van der Waals surface area contributed by atoms with E-state index in [1.54, 1.807) is 0 Å². The Morgan fingerprint density at radius 2 is 2.20 bits per heavy atom. The topological polar surface area (TPSA) is 28.7 Å². The molecule has 10 heavy (non-hydrogen) atoms. The Bertz CT molecular complexity index is 186. The van der Waals surface area contributed by atoms with Crippen molar-refractivity contribution >= 4 is 14.8 Å². The molecule has 0 spiro atoms. The fourth-order valence-corrected chi connectivity index (χ4v) is 2.49. The molecule has 1 rings (SSSR count). The van der Waals surface area contributed by atoms with Crippen LogP contribution in [0.5, 0.6) is 0 Å². The average Bonchev–Trinajstić information content (AvgIpc) is 2.12. The SMILES string of the molecule is CC(C)(C)[SiH2]c1ccn[nH]1. The molecule has 0 aliphatic heterocycles. The monoisotopic (exact) mass is 154 g/mol. The second-order valence-corrected chi connectivity index (χ2v) is 7.06. The van der Waals surface area contributed by atoms with Gasteiger partial charge in [-0.2, -0.15) is 5.10 Å². The zero-order chi connectivity index (χ0) is 7.61. The van der Waals surface area contributed by atoms with Crippen LogP contribution in [0.3, 0.4) is 0 Å². The Labute approximate surface area is 63.9 Å². The molecule has 0 aliphatic carbocycles. The fourth-order valence-electron chi connectivity index (χ4n) is 0.954. The molecule has 1 heterocycles. The van der Waals surface area contributed by atoms with E-state index in [2.05, 4.69) is 37.0 Å². The molecule has 56 valence electrons. The summed E-state index contributed by atoms with van der Waals surface area (Å²) in [6, 6.07) is 2.08. The van der Waals surface area contributed by atoms with Gasteiger partial charge in [-0.3, -0.25) is 5.10 Å². The molecule has 3 heteroatoms. The summed E-state index contributed by atoms with van der Waals surface area (Å²) in [6.07, 6.45) is 1.83. The summed E-state index contributed by atoms with van der Waals surface area (Å²) in [5, 5.41) is 8.77. The van der Waals surface area contributed by atoms with E-state index in [0.29, 0.717) is 5.04 Å². The van der Waals surface area contributed by atoms with Gasteiger partial charge < -0.3 is 0 Å². The maximum Gasteiger partial charge on any atom is 0.0830 e. The van der Waals surface area contributed by atoms with Crippen LogP contribution in [0.15, 0.2) is 12.3 Å². The van der Waals surface area contributed by atoms with Crippen molar-refractivity contribution in [2.45, 2.75) is 25.8 Å². The number of hydrogen-bond donors (Lipinski definition) is 1. The Morgan fingerprint density at radius 3 is 2.60 bits per heavy atom. The molecule has 0 fully saturated rings. The number of rotatable bonds is 1. The minimum absolute atomic E-state index is 0.149. The zero-order valence-corrected chi connectivity index (χ0v) is 8.22. The van der Waals surface area contributed by atoms with Crippen molar-refractivity contribution in [3.8, 4) is 0 Å². The molecule has 0 aliphatic rings. The summed E-state index contributed by atoms with van der Waals surface area (Å²) in [7, 11) is -0.149. The molecule has 0 aromatic carbocycles. The fraction of sp³-hybridized carbons (Fsp3) is 0.571. The van der Waals surface area contributed by atoms with E-state index >= 15 is 0 Å². The minimum atomic E-state index is -0.149. The molecule has 0 atom stereocenters. The van der Waals surface area contributed by atoms with Gasteiger partial charge in [-0.25, -0.2) is 0 Å². The molecule has 2 nitrogen and oxygen atoms in total. The summed E-state index contributed by atoms with van der Waals surface area (Å²) >= 11 is 0. The lowest BCUT2D eigenvalue weighted by atomic mass is 10.3. The van der Waals surface area contributed by atoms with Gasteiger partial charge in [0.15, 0.2) is 0 Å². The number of aromatic amines is 1. The van der Waals surface area contributed by atoms with E-state index in [4.69, 9.17) is 0 Å². The normalized spacial score (nSPS) is 13.1. The van der Waals surface area contributed by atoms with Crippen LogP contribution in [0.4, 0.5) is 0 Å². The number of nitrogens with one attached hydrogen (secondary N) is 1. The van der Waals surface area contributed by atoms with E-state index in [0.717, 1.165) is 0 Å². The highest BCUT2D eigenvalue weighted by molar-refractivity contribution is 6.55. The highest BCUT2D eigenvalue weighted by Gasteiger charge is 2.12. The van der Waals surface area contributed by atoms with Gasteiger partial charge in [0.1, 0.15) is 0 Å². The van der Waals surface area contributed by atoms with Crippen LogP contribution in [-0.4, -0.2) is 19.7 Å². The number of aromatic nitrogens is 2. The molecule has 0 radical (unpaired) electrons. The van der Waals surface area contributed by atoms with E-state index in [1.165, 1.54) is 5.32 Å². The van der Waals surface area contributed by atoms with Crippen molar-refractivity contribution in [3.05, 3.63) is 12.3 Å². The molecular weight excluding hydrogens is 140 g/mol. The third-order valence-electron chi connectivity index (χ3n) is 1.28. The smallest absolute Gasteiger partial charge is 0.0830 e. The Morgan fingerprint density at radius 1 is 1.50 bits per heavy atom. The van der Waals surface area contributed by atoms with Gasteiger partial charge in [0.05, 0.1) is 9.52 Å². The second kappa shape index (κ2) is 2.58. The van der Waals surface area contributed by atoms with Crippen LogP contribution in [-0.2, 0) is 0 Å². The third kappa shape index (κ3) is 2.35. The molecule has 1 aromatic rings. The Kier molecular flexibility index (Phi) is 1.94. The molecule has 0 unspecified atom stereocenters. The maximum atomic E-state index is 3.92. The van der Waals surface area contributed by atoms with Gasteiger partial charge in [-0.15, -0.1) is 0 Å². The molecule has 1 aromatic heterocycles. The van der Waals surface area contributed by atoms with E-state index in [-0.39, 0.29) is 9.52 Å². The summed E-state index contributed by atoms with van der Waals surface area (Å²) in [4.78, 5) is 0. The van der Waals surface area contributed by atoms with Gasteiger partial charge in [0, 0.05) is 11.5 Å². The first-order valence-electron chi connectivity index (χ1n) is 3.56. The largest absolute Gasteiger partial charge is 0.288 e. The lowest BCUT2D eigenvalue weighted by Crippen LogP contribution is -2.24. The third-order valence-corrected chi connectivity index (χ3v) is 3.11. The standard InChI is InChI=1S/C7H14N2Si/c1-7(2,3)10-6-4-5-8-9-6/h4-5H,10H2,1-3H3,(H,8,9). The lowest BCUT2D eigenvalue weighted by Gasteiger charge is -2.14.